The summed E-state index contributed by atoms with van der Waals surface area (Å²) in [6.07, 6.45) is 7.01. The molecule has 0 aromatic carbocycles. The Kier molecular flexibility index (Phi) is 8.82. The second kappa shape index (κ2) is 10.3. The van der Waals surface area contributed by atoms with E-state index in [9.17, 15) is 14.4 Å². The standard InChI is InChI=1S/C20H32O6/c1-5-19(3,4)18(23)25-15-14-24-16(21)10-11-17(22)26-20(6-2)12-8-7-9-13-20/h6H,2,5,7-15H2,1,3-4H3. The topological polar surface area (TPSA) is 78.9 Å². The third-order valence-electron chi connectivity index (χ3n) is 4.94. The van der Waals surface area contributed by atoms with Gasteiger partial charge in [0.05, 0.1) is 18.3 Å². The maximum Gasteiger partial charge on any atom is 0.311 e. The molecule has 26 heavy (non-hydrogen) atoms. The summed E-state index contributed by atoms with van der Waals surface area (Å²) in [5.74, 6) is -1.24. The molecular formula is C20H32O6. The van der Waals surface area contributed by atoms with Gasteiger partial charge in [0.2, 0.25) is 0 Å². The highest BCUT2D eigenvalue weighted by Gasteiger charge is 2.32. The fourth-order valence-electron chi connectivity index (χ4n) is 2.68. The first-order chi connectivity index (χ1) is 12.2. The van der Waals surface area contributed by atoms with Crippen LogP contribution in [0.4, 0.5) is 0 Å². The average Bonchev–Trinajstić information content (AvgIpc) is 2.64. The van der Waals surface area contributed by atoms with Crippen molar-refractivity contribution in [3.8, 4) is 0 Å². The maximum atomic E-state index is 12.0. The Labute approximate surface area is 156 Å². The van der Waals surface area contributed by atoms with Crippen molar-refractivity contribution in [2.24, 2.45) is 5.41 Å². The van der Waals surface area contributed by atoms with Crippen LogP contribution >= 0.6 is 0 Å². The van der Waals surface area contributed by atoms with Crippen LogP contribution < -0.4 is 0 Å². The number of carbonyl (C=O) groups is 3. The molecule has 0 heterocycles. The molecule has 1 saturated carbocycles. The van der Waals surface area contributed by atoms with Crippen molar-refractivity contribution in [2.75, 3.05) is 13.2 Å². The second-order valence-corrected chi connectivity index (χ2v) is 7.40. The molecule has 1 fully saturated rings. The first kappa shape index (κ1) is 22.2. The predicted molar refractivity (Wildman–Crippen MR) is 97.3 cm³/mol. The molecule has 1 rings (SSSR count). The highest BCUT2D eigenvalue weighted by Crippen LogP contribution is 2.33. The SMILES string of the molecule is C=CC1(OC(=O)CCC(=O)OCCOC(=O)C(C)(C)CC)CCCCC1. The average molecular weight is 368 g/mol. The van der Waals surface area contributed by atoms with Crippen LogP contribution in [0.15, 0.2) is 12.7 Å². The molecule has 1 aliphatic carbocycles. The molecule has 0 aromatic heterocycles. The number of hydrogen-bond donors (Lipinski definition) is 0. The molecule has 148 valence electrons. The van der Waals surface area contributed by atoms with Crippen LogP contribution in [0.25, 0.3) is 0 Å². The summed E-state index contributed by atoms with van der Waals surface area (Å²) in [7, 11) is 0. The van der Waals surface area contributed by atoms with Crippen molar-refractivity contribution in [3.63, 3.8) is 0 Å². The van der Waals surface area contributed by atoms with E-state index in [-0.39, 0.29) is 32.0 Å². The van der Waals surface area contributed by atoms with Gasteiger partial charge < -0.3 is 14.2 Å². The Morgan fingerprint density at radius 1 is 1.00 bits per heavy atom. The Morgan fingerprint density at radius 3 is 2.15 bits per heavy atom. The molecule has 0 radical (unpaired) electrons. The molecule has 0 bridgehead atoms. The summed E-state index contributed by atoms with van der Waals surface area (Å²) in [5, 5.41) is 0. The summed E-state index contributed by atoms with van der Waals surface area (Å²) in [6, 6.07) is 0. The molecule has 0 aliphatic heterocycles. The van der Waals surface area contributed by atoms with Crippen molar-refractivity contribution in [3.05, 3.63) is 12.7 Å². The van der Waals surface area contributed by atoms with Crippen molar-refractivity contribution >= 4 is 17.9 Å². The molecule has 0 aromatic rings. The van der Waals surface area contributed by atoms with Gasteiger partial charge in [-0.2, -0.15) is 0 Å². The second-order valence-electron chi connectivity index (χ2n) is 7.40. The minimum absolute atomic E-state index is 0.0119. The largest absolute Gasteiger partial charge is 0.462 e. The molecule has 6 heteroatoms. The van der Waals surface area contributed by atoms with Gasteiger partial charge in [-0.05, 0) is 52.0 Å². The summed E-state index contributed by atoms with van der Waals surface area (Å²) in [4.78, 5) is 35.5. The minimum atomic E-state index is -0.584. The molecule has 6 nitrogen and oxygen atoms in total. The molecule has 0 atom stereocenters. The molecule has 0 N–H and O–H groups in total. The third-order valence-corrected chi connectivity index (χ3v) is 4.94. The summed E-state index contributed by atoms with van der Waals surface area (Å²) in [6.45, 7) is 9.28. The number of ether oxygens (including phenoxy) is 3. The fourth-order valence-corrected chi connectivity index (χ4v) is 2.68. The normalized spacial score (nSPS) is 16.4. The molecule has 0 saturated heterocycles. The van der Waals surface area contributed by atoms with Crippen LogP contribution in [-0.4, -0.2) is 36.7 Å². The Bertz CT molecular complexity index is 502. The van der Waals surface area contributed by atoms with Crippen LogP contribution in [0.1, 0.15) is 72.1 Å². The molecule has 1 aliphatic rings. The summed E-state index contributed by atoms with van der Waals surface area (Å²) < 4.78 is 15.6. The lowest BCUT2D eigenvalue weighted by molar-refractivity contribution is -0.162. The van der Waals surface area contributed by atoms with Crippen LogP contribution in [-0.2, 0) is 28.6 Å². The van der Waals surface area contributed by atoms with Gasteiger partial charge in [-0.15, -0.1) is 0 Å². The zero-order valence-electron chi connectivity index (χ0n) is 16.3. The minimum Gasteiger partial charge on any atom is -0.462 e. The van der Waals surface area contributed by atoms with Crippen LogP contribution in [0.3, 0.4) is 0 Å². The van der Waals surface area contributed by atoms with Crippen LogP contribution in [0, 0.1) is 5.41 Å². The van der Waals surface area contributed by atoms with E-state index in [1.165, 1.54) is 0 Å². The van der Waals surface area contributed by atoms with Gasteiger partial charge in [-0.25, -0.2) is 0 Å². The van der Waals surface area contributed by atoms with E-state index in [0.29, 0.717) is 6.42 Å². The lowest BCUT2D eigenvalue weighted by Crippen LogP contribution is -2.35. The van der Waals surface area contributed by atoms with Gasteiger partial charge in [0.15, 0.2) is 0 Å². The summed E-state index contributed by atoms with van der Waals surface area (Å²) in [5.41, 5.74) is -1.13. The van der Waals surface area contributed by atoms with Crippen LogP contribution in [0.2, 0.25) is 0 Å². The molecule has 0 amide bonds. The number of carbonyl (C=O) groups excluding carboxylic acids is 3. The zero-order chi connectivity index (χ0) is 19.6. The van der Waals surface area contributed by atoms with E-state index in [1.807, 2.05) is 6.92 Å². The van der Waals surface area contributed by atoms with Gasteiger partial charge in [0.1, 0.15) is 18.8 Å². The lowest BCUT2D eigenvalue weighted by atomic mass is 9.85. The number of hydrogen-bond acceptors (Lipinski definition) is 6. The van der Waals surface area contributed by atoms with E-state index in [1.54, 1.807) is 19.9 Å². The highest BCUT2D eigenvalue weighted by atomic mass is 16.6. The monoisotopic (exact) mass is 368 g/mol. The Balaban J connectivity index is 2.22. The maximum absolute atomic E-state index is 12.0. The van der Waals surface area contributed by atoms with Gasteiger partial charge >= 0.3 is 17.9 Å². The van der Waals surface area contributed by atoms with E-state index in [2.05, 4.69) is 6.58 Å². The van der Waals surface area contributed by atoms with E-state index < -0.39 is 23.0 Å². The molecule has 0 spiro atoms. The number of rotatable bonds is 10. The lowest BCUT2D eigenvalue weighted by Gasteiger charge is -2.33. The predicted octanol–water partition coefficient (Wildman–Crippen LogP) is 3.72. The first-order valence-electron chi connectivity index (χ1n) is 9.43. The Morgan fingerprint density at radius 2 is 1.58 bits per heavy atom. The fraction of sp³-hybridized carbons (Fsp3) is 0.750. The first-order valence-corrected chi connectivity index (χ1v) is 9.43. The van der Waals surface area contributed by atoms with E-state index >= 15 is 0 Å². The van der Waals surface area contributed by atoms with E-state index in [4.69, 9.17) is 14.2 Å². The quantitative estimate of drug-likeness (QED) is 0.253. The molecular weight excluding hydrogens is 336 g/mol. The van der Waals surface area contributed by atoms with Crippen molar-refractivity contribution in [1.29, 1.82) is 0 Å². The zero-order valence-corrected chi connectivity index (χ0v) is 16.3. The van der Waals surface area contributed by atoms with E-state index in [0.717, 1.165) is 32.1 Å². The highest BCUT2D eigenvalue weighted by molar-refractivity contribution is 5.78. The smallest absolute Gasteiger partial charge is 0.311 e. The van der Waals surface area contributed by atoms with Crippen molar-refractivity contribution in [2.45, 2.75) is 77.7 Å². The summed E-state index contributed by atoms with van der Waals surface area (Å²) >= 11 is 0. The Hall–Kier alpha value is -1.85. The van der Waals surface area contributed by atoms with Crippen molar-refractivity contribution in [1.82, 2.24) is 0 Å². The third kappa shape index (κ3) is 7.18. The molecule has 0 unspecified atom stereocenters. The van der Waals surface area contributed by atoms with Gasteiger partial charge in [-0.1, -0.05) is 19.9 Å². The van der Waals surface area contributed by atoms with Crippen molar-refractivity contribution < 1.29 is 28.6 Å². The number of esters is 3. The van der Waals surface area contributed by atoms with Gasteiger partial charge in [0, 0.05) is 0 Å². The van der Waals surface area contributed by atoms with Gasteiger partial charge in [-0.3, -0.25) is 14.4 Å². The van der Waals surface area contributed by atoms with Crippen LogP contribution in [0.5, 0.6) is 0 Å². The van der Waals surface area contributed by atoms with Gasteiger partial charge in [0.25, 0.3) is 0 Å².